The van der Waals surface area contributed by atoms with Gasteiger partial charge in [-0.1, -0.05) is 30.3 Å². The molecule has 3 aromatic rings. The van der Waals surface area contributed by atoms with Gasteiger partial charge in [0.05, 0.1) is 18.2 Å². The van der Waals surface area contributed by atoms with Crippen LogP contribution in [0.3, 0.4) is 0 Å². The van der Waals surface area contributed by atoms with Gasteiger partial charge in [0.2, 0.25) is 5.91 Å². The van der Waals surface area contributed by atoms with Crippen molar-refractivity contribution in [2.24, 2.45) is 0 Å². The van der Waals surface area contributed by atoms with Gasteiger partial charge in [-0.25, -0.2) is 4.98 Å². The van der Waals surface area contributed by atoms with E-state index in [-0.39, 0.29) is 5.91 Å². The average molecular weight is 356 g/mol. The van der Waals surface area contributed by atoms with Crippen molar-refractivity contribution in [3.05, 3.63) is 66.6 Å². The zero-order valence-electron chi connectivity index (χ0n) is 13.8. The molecular formula is C19H20N2O3S. The van der Waals surface area contributed by atoms with E-state index in [1.807, 2.05) is 42.5 Å². The Morgan fingerprint density at radius 2 is 2.04 bits per heavy atom. The molecule has 130 valence electrons. The molecule has 1 amide bonds. The smallest absolute Gasteiger partial charge is 0.220 e. The molecule has 1 N–H and O–H groups in total. The minimum atomic E-state index is 0.0121. The number of rotatable bonds is 9. The molecule has 2 heterocycles. The number of carbonyl (C=O) groups is 1. The molecule has 2 aromatic heterocycles. The zero-order chi connectivity index (χ0) is 17.3. The molecule has 0 radical (unpaired) electrons. The number of aryl methyl sites for hydroxylation is 1. The van der Waals surface area contributed by atoms with Gasteiger partial charge >= 0.3 is 0 Å². The Bertz CT molecular complexity index is 769. The second-order valence-electron chi connectivity index (χ2n) is 5.47. The van der Waals surface area contributed by atoms with Gasteiger partial charge in [0.15, 0.2) is 11.7 Å². The van der Waals surface area contributed by atoms with E-state index in [0.29, 0.717) is 25.3 Å². The molecule has 3 rings (SSSR count). The Hall–Kier alpha value is -2.47. The van der Waals surface area contributed by atoms with Crippen molar-refractivity contribution in [3.63, 3.8) is 0 Å². The van der Waals surface area contributed by atoms with E-state index in [1.165, 1.54) is 0 Å². The number of nitrogens with zero attached hydrogens (tertiary/aromatic N) is 1. The van der Waals surface area contributed by atoms with E-state index in [1.54, 1.807) is 24.2 Å². The summed E-state index contributed by atoms with van der Waals surface area (Å²) < 4.78 is 11.0. The maximum absolute atomic E-state index is 11.9. The predicted octanol–water partition coefficient (Wildman–Crippen LogP) is 3.92. The first kappa shape index (κ1) is 17.4. The maximum atomic E-state index is 11.9. The maximum Gasteiger partial charge on any atom is 0.220 e. The van der Waals surface area contributed by atoms with Gasteiger partial charge in [0, 0.05) is 30.7 Å². The van der Waals surface area contributed by atoms with Gasteiger partial charge < -0.3 is 14.2 Å². The topological polar surface area (TPSA) is 68.3 Å². The monoisotopic (exact) mass is 356 g/mol. The van der Waals surface area contributed by atoms with Crippen LogP contribution in [0.25, 0.3) is 11.3 Å². The number of benzene rings is 1. The predicted molar refractivity (Wildman–Crippen MR) is 98.1 cm³/mol. The minimum Gasteiger partial charge on any atom is -0.468 e. The first-order valence-electron chi connectivity index (χ1n) is 8.18. The lowest BCUT2D eigenvalue weighted by atomic mass is 10.2. The van der Waals surface area contributed by atoms with Gasteiger partial charge in [-0.2, -0.15) is 11.8 Å². The quantitative estimate of drug-likeness (QED) is 0.589. The molecule has 0 saturated heterocycles. The molecule has 0 aliphatic heterocycles. The number of carbonyl (C=O) groups excluding carboxylic acids is 1. The van der Waals surface area contributed by atoms with Crippen LogP contribution in [0.2, 0.25) is 0 Å². The van der Waals surface area contributed by atoms with Crippen molar-refractivity contribution < 1.29 is 13.6 Å². The third-order valence-electron chi connectivity index (χ3n) is 3.57. The lowest BCUT2D eigenvalue weighted by Gasteiger charge is -2.03. The van der Waals surface area contributed by atoms with Crippen molar-refractivity contribution >= 4 is 17.7 Å². The summed E-state index contributed by atoms with van der Waals surface area (Å²) >= 11 is 1.73. The van der Waals surface area contributed by atoms with Crippen molar-refractivity contribution in [1.82, 2.24) is 10.3 Å². The zero-order valence-corrected chi connectivity index (χ0v) is 14.6. The fourth-order valence-electron chi connectivity index (χ4n) is 2.30. The summed E-state index contributed by atoms with van der Waals surface area (Å²) in [6.07, 6.45) is 4.24. The fraction of sp³-hybridized carbons (Fsp3) is 0.263. The first-order valence-corrected chi connectivity index (χ1v) is 9.33. The summed E-state index contributed by atoms with van der Waals surface area (Å²) in [4.78, 5) is 16.1. The van der Waals surface area contributed by atoms with Crippen LogP contribution in [-0.2, 0) is 17.0 Å². The minimum absolute atomic E-state index is 0.0121. The molecule has 0 saturated carbocycles. The van der Waals surface area contributed by atoms with Gasteiger partial charge in [0.1, 0.15) is 5.76 Å². The second kappa shape index (κ2) is 9.13. The van der Waals surface area contributed by atoms with E-state index >= 15 is 0 Å². The van der Waals surface area contributed by atoms with E-state index in [0.717, 1.165) is 28.6 Å². The Labute approximate surface area is 150 Å². The number of hydrogen-bond acceptors (Lipinski definition) is 5. The number of oxazole rings is 1. The summed E-state index contributed by atoms with van der Waals surface area (Å²) in [6.45, 7) is 0.644. The van der Waals surface area contributed by atoms with Crippen LogP contribution in [0.15, 0.2) is 63.8 Å². The Kier molecular flexibility index (Phi) is 6.34. The second-order valence-corrected chi connectivity index (χ2v) is 6.57. The van der Waals surface area contributed by atoms with Crippen molar-refractivity contribution in [3.8, 4) is 11.3 Å². The van der Waals surface area contributed by atoms with E-state index in [4.69, 9.17) is 8.83 Å². The summed E-state index contributed by atoms with van der Waals surface area (Å²) in [5, 5.41) is 2.91. The lowest BCUT2D eigenvalue weighted by Crippen LogP contribution is -2.25. The third-order valence-corrected chi connectivity index (χ3v) is 4.55. The van der Waals surface area contributed by atoms with Crippen molar-refractivity contribution in [2.45, 2.75) is 18.6 Å². The molecule has 1 aromatic carbocycles. The lowest BCUT2D eigenvalue weighted by molar-refractivity contribution is -0.121. The Balaban J connectivity index is 1.33. The number of aromatic nitrogens is 1. The summed E-state index contributed by atoms with van der Waals surface area (Å²) in [5.74, 6) is 3.95. The average Bonchev–Trinajstić information content (AvgIpc) is 3.32. The number of thioether (sulfide) groups is 1. The largest absolute Gasteiger partial charge is 0.468 e. The number of furan rings is 1. The highest BCUT2D eigenvalue weighted by molar-refractivity contribution is 7.98. The third kappa shape index (κ3) is 5.53. The Morgan fingerprint density at radius 3 is 2.84 bits per heavy atom. The highest BCUT2D eigenvalue weighted by Crippen LogP contribution is 2.20. The molecule has 0 spiro atoms. The molecule has 0 aliphatic carbocycles. The van der Waals surface area contributed by atoms with E-state index < -0.39 is 0 Å². The Morgan fingerprint density at radius 1 is 1.16 bits per heavy atom. The number of hydrogen-bond donors (Lipinski definition) is 1. The highest BCUT2D eigenvalue weighted by atomic mass is 32.2. The normalized spacial score (nSPS) is 10.7. The van der Waals surface area contributed by atoms with Crippen molar-refractivity contribution in [1.29, 1.82) is 0 Å². The SMILES string of the molecule is O=C(CCc1ncc(-c2ccccc2)o1)NCCSCc1ccco1. The van der Waals surface area contributed by atoms with Crippen LogP contribution in [0.5, 0.6) is 0 Å². The fourth-order valence-corrected chi connectivity index (χ4v) is 3.06. The molecular weight excluding hydrogens is 336 g/mol. The van der Waals surface area contributed by atoms with Crippen LogP contribution in [-0.4, -0.2) is 23.2 Å². The highest BCUT2D eigenvalue weighted by Gasteiger charge is 2.08. The molecule has 25 heavy (non-hydrogen) atoms. The van der Waals surface area contributed by atoms with Crippen LogP contribution >= 0.6 is 11.8 Å². The standard InChI is InChI=1S/C19H20N2O3S/c22-18(20-10-12-25-14-16-7-4-11-23-16)8-9-19-21-13-17(24-19)15-5-2-1-3-6-15/h1-7,11,13H,8-10,12,14H2,(H,20,22). The molecule has 0 fully saturated rings. The number of amides is 1. The molecule has 0 atom stereocenters. The van der Waals surface area contributed by atoms with Gasteiger partial charge in [-0.05, 0) is 12.1 Å². The van der Waals surface area contributed by atoms with E-state index in [2.05, 4.69) is 10.3 Å². The summed E-state index contributed by atoms with van der Waals surface area (Å²) in [5.41, 5.74) is 0.985. The van der Waals surface area contributed by atoms with Crippen LogP contribution < -0.4 is 5.32 Å². The molecule has 5 nitrogen and oxygen atoms in total. The van der Waals surface area contributed by atoms with Gasteiger partial charge in [-0.15, -0.1) is 0 Å². The molecule has 0 unspecified atom stereocenters. The van der Waals surface area contributed by atoms with Crippen LogP contribution in [0.1, 0.15) is 18.1 Å². The molecule has 6 heteroatoms. The summed E-state index contributed by atoms with van der Waals surface area (Å²) in [7, 11) is 0. The first-order chi connectivity index (χ1) is 12.3. The number of nitrogens with one attached hydrogen (secondary N) is 1. The van der Waals surface area contributed by atoms with Gasteiger partial charge in [-0.3, -0.25) is 4.79 Å². The van der Waals surface area contributed by atoms with Gasteiger partial charge in [0.25, 0.3) is 0 Å². The van der Waals surface area contributed by atoms with E-state index in [9.17, 15) is 4.79 Å². The molecule has 0 aliphatic rings. The van der Waals surface area contributed by atoms with Crippen molar-refractivity contribution in [2.75, 3.05) is 12.3 Å². The molecule has 0 bridgehead atoms. The van der Waals surface area contributed by atoms with Crippen LogP contribution in [0.4, 0.5) is 0 Å². The van der Waals surface area contributed by atoms with Crippen LogP contribution in [0, 0.1) is 0 Å². The summed E-state index contributed by atoms with van der Waals surface area (Å²) in [6, 6.07) is 13.6.